The standard InChI is InChI=1S/C16H20N2O/c1-12-10-13(8-9-18-12)15(17-2)11-14-6-4-5-7-16(14)19-3/h4-10,15,17H,11H2,1-3H3. The Bertz CT molecular complexity index is 540. The smallest absolute Gasteiger partial charge is 0.122 e. The van der Waals surface area contributed by atoms with Gasteiger partial charge >= 0.3 is 0 Å². The molecule has 0 radical (unpaired) electrons. The van der Waals surface area contributed by atoms with Crippen molar-refractivity contribution < 1.29 is 4.74 Å². The summed E-state index contributed by atoms with van der Waals surface area (Å²) in [4.78, 5) is 4.24. The molecule has 1 aromatic heterocycles. The normalized spacial score (nSPS) is 12.2. The van der Waals surface area contributed by atoms with E-state index in [0.29, 0.717) is 0 Å². The van der Waals surface area contributed by atoms with Gasteiger partial charge in [0.2, 0.25) is 0 Å². The Labute approximate surface area is 114 Å². The molecule has 100 valence electrons. The third kappa shape index (κ3) is 3.32. The number of para-hydroxylation sites is 1. The van der Waals surface area contributed by atoms with Gasteiger partial charge in [-0.3, -0.25) is 4.98 Å². The SMILES string of the molecule is CNC(Cc1ccccc1OC)c1ccnc(C)c1. The van der Waals surface area contributed by atoms with Crippen molar-refractivity contribution in [1.82, 2.24) is 10.3 Å². The predicted molar refractivity (Wildman–Crippen MR) is 77.5 cm³/mol. The number of pyridine rings is 1. The third-order valence-electron chi connectivity index (χ3n) is 3.29. The van der Waals surface area contributed by atoms with Crippen molar-refractivity contribution in [2.24, 2.45) is 0 Å². The van der Waals surface area contributed by atoms with E-state index in [0.717, 1.165) is 17.9 Å². The number of likely N-dealkylation sites (N-methyl/N-ethyl adjacent to an activating group) is 1. The lowest BCUT2D eigenvalue weighted by atomic mass is 9.98. The first-order chi connectivity index (χ1) is 9.24. The molecule has 3 nitrogen and oxygen atoms in total. The summed E-state index contributed by atoms with van der Waals surface area (Å²) in [6.45, 7) is 2.01. The molecule has 2 rings (SSSR count). The molecule has 0 amide bonds. The molecule has 0 bridgehead atoms. The first-order valence-electron chi connectivity index (χ1n) is 6.46. The zero-order valence-electron chi connectivity index (χ0n) is 11.7. The van der Waals surface area contributed by atoms with E-state index >= 15 is 0 Å². The summed E-state index contributed by atoms with van der Waals surface area (Å²) in [6, 6.07) is 12.6. The molecule has 0 aliphatic carbocycles. The number of aromatic nitrogens is 1. The number of aryl methyl sites for hydroxylation is 1. The Balaban J connectivity index is 2.24. The van der Waals surface area contributed by atoms with Crippen LogP contribution < -0.4 is 10.1 Å². The van der Waals surface area contributed by atoms with Gasteiger partial charge in [-0.05, 0) is 49.7 Å². The van der Waals surface area contributed by atoms with Crippen LogP contribution in [0.2, 0.25) is 0 Å². The molecular weight excluding hydrogens is 236 g/mol. The van der Waals surface area contributed by atoms with Crippen molar-refractivity contribution in [3.63, 3.8) is 0 Å². The Morgan fingerprint density at radius 1 is 1.26 bits per heavy atom. The second-order valence-electron chi connectivity index (χ2n) is 4.59. The van der Waals surface area contributed by atoms with Crippen LogP contribution in [-0.4, -0.2) is 19.1 Å². The fourth-order valence-corrected chi connectivity index (χ4v) is 2.26. The van der Waals surface area contributed by atoms with Crippen LogP contribution in [0.1, 0.15) is 22.9 Å². The maximum atomic E-state index is 5.41. The first kappa shape index (κ1) is 13.6. The van der Waals surface area contributed by atoms with Gasteiger partial charge in [0.05, 0.1) is 7.11 Å². The second-order valence-corrected chi connectivity index (χ2v) is 4.59. The van der Waals surface area contributed by atoms with Crippen LogP contribution in [0, 0.1) is 6.92 Å². The molecule has 3 heteroatoms. The number of hydrogen-bond acceptors (Lipinski definition) is 3. The molecule has 1 N–H and O–H groups in total. The van der Waals surface area contributed by atoms with E-state index < -0.39 is 0 Å². The van der Waals surface area contributed by atoms with Crippen molar-refractivity contribution in [3.8, 4) is 5.75 Å². The molecule has 0 aliphatic rings. The average molecular weight is 256 g/mol. The Kier molecular flexibility index (Phi) is 4.53. The van der Waals surface area contributed by atoms with E-state index in [2.05, 4.69) is 28.5 Å². The van der Waals surface area contributed by atoms with Crippen molar-refractivity contribution >= 4 is 0 Å². The van der Waals surface area contributed by atoms with Crippen molar-refractivity contribution in [2.45, 2.75) is 19.4 Å². The molecule has 1 heterocycles. The number of ether oxygens (including phenoxy) is 1. The molecule has 0 spiro atoms. The van der Waals surface area contributed by atoms with Crippen molar-refractivity contribution in [1.29, 1.82) is 0 Å². The lowest BCUT2D eigenvalue weighted by Gasteiger charge is -2.18. The number of nitrogens with one attached hydrogen (secondary N) is 1. The topological polar surface area (TPSA) is 34.1 Å². The highest BCUT2D eigenvalue weighted by molar-refractivity contribution is 5.35. The molecule has 0 aliphatic heterocycles. The average Bonchev–Trinajstić information content (AvgIpc) is 2.45. The van der Waals surface area contributed by atoms with Crippen LogP contribution in [0.5, 0.6) is 5.75 Å². The van der Waals surface area contributed by atoms with Gasteiger partial charge in [0, 0.05) is 17.9 Å². The van der Waals surface area contributed by atoms with Gasteiger partial charge in [0.1, 0.15) is 5.75 Å². The maximum absolute atomic E-state index is 5.41. The van der Waals surface area contributed by atoms with Gasteiger partial charge in [-0.25, -0.2) is 0 Å². The fourth-order valence-electron chi connectivity index (χ4n) is 2.26. The minimum atomic E-state index is 0.262. The zero-order valence-corrected chi connectivity index (χ0v) is 11.7. The monoisotopic (exact) mass is 256 g/mol. The van der Waals surface area contributed by atoms with Gasteiger partial charge in [-0.15, -0.1) is 0 Å². The highest BCUT2D eigenvalue weighted by Gasteiger charge is 2.13. The fraction of sp³-hybridized carbons (Fsp3) is 0.312. The lowest BCUT2D eigenvalue weighted by Crippen LogP contribution is -2.19. The highest BCUT2D eigenvalue weighted by atomic mass is 16.5. The summed E-state index contributed by atoms with van der Waals surface area (Å²) in [5.41, 5.74) is 3.50. The minimum absolute atomic E-state index is 0.262. The Hall–Kier alpha value is -1.87. The van der Waals surface area contributed by atoms with E-state index in [9.17, 15) is 0 Å². The predicted octanol–water partition coefficient (Wildman–Crippen LogP) is 2.90. The number of hydrogen-bond donors (Lipinski definition) is 1. The number of nitrogens with zero attached hydrogens (tertiary/aromatic N) is 1. The molecule has 19 heavy (non-hydrogen) atoms. The van der Waals surface area contributed by atoms with E-state index in [1.165, 1.54) is 11.1 Å². The van der Waals surface area contributed by atoms with Crippen molar-refractivity contribution in [2.75, 3.05) is 14.2 Å². The second kappa shape index (κ2) is 6.34. The number of methoxy groups -OCH3 is 1. The summed E-state index contributed by atoms with van der Waals surface area (Å²) in [5.74, 6) is 0.938. The van der Waals surface area contributed by atoms with Crippen LogP contribution in [-0.2, 0) is 6.42 Å². The van der Waals surface area contributed by atoms with E-state index in [-0.39, 0.29) is 6.04 Å². The first-order valence-corrected chi connectivity index (χ1v) is 6.46. The molecule has 0 saturated heterocycles. The van der Waals surface area contributed by atoms with Crippen LogP contribution in [0.15, 0.2) is 42.6 Å². The quantitative estimate of drug-likeness (QED) is 0.893. The van der Waals surface area contributed by atoms with Crippen LogP contribution in [0.3, 0.4) is 0 Å². The molecular formula is C16H20N2O. The third-order valence-corrected chi connectivity index (χ3v) is 3.29. The van der Waals surface area contributed by atoms with Gasteiger partial charge in [0.15, 0.2) is 0 Å². The van der Waals surface area contributed by atoms with E-state index in [1.54, 1.807) is 7.11 Å². The minimum Gasteiger partial charge on any atom is -0.496 e. The van der Waals surface area contributed by atoms with Crippen LogP contribution in [0.4, 0.5) is 0 Å². The van der Waals surface area contributed by atoms with Gasteiger partial charge in [-0.2, -0.15) is 0 Å². The molecule has 0 saturated carbocycles. The number of benzene rings is 1. The Morgan fingerprint density at radius 3 is 2.74 bits per heavy atom. The van der Waals surface area contributed by atoms with Gasteiger partial charge in [-0.1, -0.05) is 18.2 Å². The molecule has 0 fully saturated rings. The highest BCUT2D eigenvalue weighted by Crippen LogP contribution is 2.24. The summed E-state index contributed by atoms with van der Waals surface area (Å²) >= 11 is 0. The Morgan fingerprint density at radius 2 is 2.05 bits per heavy atom. The molecule has 1 aromatic carbocycles. The summed E-state index contributed by atoms with van der Waals surface area (Å²) in [7, 11) is 3.69. The van der Waals surface area contributed by atoms with Crippen molar-refractivity contribution in [3.05, 3.63) is 59.4 Å². The largest absolute Gasteiger partial charge is 0.496 e. The van der Waals surface area contributed by atoms with Crippen LogP contribution >= 0.6 is 0 Å². The van der Waals surface area contributed by atoms with Crippen LogP contribution in [0.25, 0.3) is 0 Å². The maximum Gasteiger partial charge on any atom is 0.122 e. The lowest BCUT2D eigenvalue weighted by molar-refractivity contribution is 0.406. The number of rotatable bonds is 5. The summed E-state index contributed by atoms with van der Waals surface area (Å²) in [6.07, 6.45) is 2.75. The molecule has 1 atom stereocenters. The molecule has 2 aromatic rings. The van der Waals surface area contributed by atoms with E-state index in [4.69, 9.17) is 4.74 Å². The zero-order chi connectivity index (χ0) is 13.7. The van der Waals surface area contributed by atoms with Gasteiger partial charge < -0.3 is 10.1 Å². The van der Waals surface area contributed by atoms with E-state index in [1.807, 2.05) is 38.4 Å². The summed E-state index contributed by atoms with van der Waals surface area (Å²) in [5, 5.41) is 3.36. The summed E-state index contributed by atoms with van der Waals surface area (Å²) < 4.78 is 5.41. The molecule has 1 unspecified atom stereocenters. The van der Waals surface area contributed by atoms with Gasteiger partial charge in [0.25, 0.3) is 0 Å².